The molecule has 1 aliphatic heterocycles. The number of sulfone groups is 1. The monoisotopic (exact) mass is 505 g/mol. The summed E-state index contributed by atoms with van der Waals surface area (Å²) in [7, 11) is -3.32. The van der Waals surface area contributed by atoms with Crippen LogP contribution in [-0.2, 0) is 16.3 Å². The predicted octanol–water partition coefficient (Wildman–Crippen LogP) is 4.06. The van der Waals surface area contributed by atoms with Crippen LogP contribution in [0.1, 0.15) is 25.3 Å². The van der Waals surface area contributed by atoms with Crippen LogP contribution >= 0.6 is 23.8 Å². The van der Waals surface area contributed by atoms with E-state index in [0.29, 0.717) is 21.2 Å². The number of rotatable bonds is 6. The molecule has 0 spiro atoms. The van der Waals surface area contributed by atoms with Crippen molar-refractivity contribution in [3.05, 3.63) is 58.2 Å². The molecule has 1 fully saturated rings. The molecular weight excluding hydrogens is 482 g/mol. The first-order valence-corrected chi connectivity index (χ1v) is 13.2. The van der Waals surface area contributed by atoms with E-state index in [1.165, 1.54) is 12.3 Å². The highest BCUT2D eigenvalue weighted by molar-refractivity contribution is 7.90. The zero-order chi connectivity index (χ0) is 23.6. The van der Waals surface area contributed by atoms with Gasteiger partial charge in [0, 0.05) is 63.0 Å². The number of aromatic nitrogens is 4. The Bertz CT molecular complexity index is 1290. The zero-order valence-electron chi connectivity index (χ0n) is 18.3. The molecule has 0 amide bonds. The van der Waals surface area contributed by atoms with Gasteiger partial charge < -0.3 is 9.64 Å². The lowest BCUT2D eigenvalue weighted by Gasteiger charge is -2.32. The van der Waals surface area contributed by atoms with E-state index in [2.05, 4.69) is 26.8 Å². The minimum absolute atomic E-state index is 0.00563. The summed E-state index contributed by atoms with van der Waals surface area (Å²) in [4.78, 5) is 15.4. The quantitative estimate of drug-likeness (QED) is 0.463. The Labute approximate surface area is 203 Å². The van der Waals surface area contributed by atoms with Crippen molar-refractivity contribution in [2.75, 3.05) is 24.2 Å². The lowest BCUT2D eigenvalue weighted by atomic mass is 10.1. The minimum Gasteiger partial charge on any atom is -0.489 e. The maximum absolute atomic E-state index is 11.6. The van der Waals surface area contributed by atoms with E-state index in [0.717, 1.165) is 50.1 Å². The third-order valence-electron chi connectivity index (χ3n) is 5.48. The number of anilines is 1. The highest BCUT2D eigenvalue weighted by atomic mass is 35.5. The fraction of sp³-hybridized carbons (Fsp3) is 0.364. The number of halogens is 1. The van der Waals surface area contributed by atoms with Crippen LogP contribution in [0.25, 0.3) is 5.82 Å². The molecule has 1 aliphatic rings. The molecule has 3 aromatic heterocycles. The molecule has 11 heteroatoms. The molecule has 0 saturated carbocycles. The molecule has 0 aromatic carbocycles. The second kappa shape index (κ2) is 9.74. The molecule has 4 heterocycles. The van der Waals surface area contributed by atoms with E-state index in [9.17, 15) is 8.42 Å². The molecule has 0 bridgehead atoms. The lowest BCUT2D eigenvalue weighted by molar-refractivity contribution is 0.170. The van der Waals surface area contributed by atoms with Crippen LogP contribution in [0.3, 0.4) is 0 Å². The van der Waals surface area contributed by atoms with Gasteiger partial charge in [-0.25, -0.2) is 23.4 Å². The van der Waals surface area contributed by atoms with Gasteiger partial charge in [0.15, 0.2) is 9.84 Å². The lowest BCUT2D eigenvalue weighted by Crippen LogP contribution is -2.39. The second-order valence-corrected chi connectivity index (χ2v) is 10.7. The number of pyridine rings is 2. The van der Waals surface area contributed by atoms with Crippen LogP contribution < -0.4 is 9.64 Å². The molecule has 4 rings (SSSR count). The topological polar surface area (TPSA) is 90.2 Å². The average Bonchev–Trinajstić information content (AvgIpc) is 2.81. The van der Waals surface area contributed by atoms with Crippen LogP contribution in [-0.4, -0.2) is 53.4 Å². The van der Waals surface area contributed by atoms with Crippen LogP contribution in [0.4, 0.5) is 5.95 Å². The Morgan fingerprint density at radius 3 is 2.42 bits per heavy atom. The van der Waals surface area contributed by atoms with Crippen LogP contribution in [0.5, 0.6) is 5.75 Å². The minimum atomic E-state index is -3.32. The van der Waals surface area contributed by atoms with Gasteiger partial charge in [0.05, 0.1) is 9.92 Å². The third kappa shape index (κ3) is 5.51. The van der Waals surface area contributed by atoms with Gasteiger partial charge in [-0.2, -0.15) is 0 Å². The molecule has 8 nitrogen and oxygen atoms in total. The number of hydrogen-bond acceptors (Lipinski definition) is 8. The van der Waals surface area contributed by atoms with Crippen molar-refractivity contribution >= 4 is 39.6 Å². The number of ether oxygens (including phenoxy) is 1. The van der Waals surface area contributed by atoms with Crippen molar-refractivity contribution in [1.29, 1.82) is 0 Å². The summed E-state index contributed by atoms with van der Waals surface area (Å²) >= 11 is 12.0. The second-order valence-electron chi connectivity index (χ2n) is 7.87. The number of piperidine rings is 1. The molecule has 1 saturated heterocycles. The van der Waals surface area contributed by atoms with Gasteiger partial charge in [-0.3, -0.25) is 4.57 Å². The van der Waals surface area contributed by atoms with Crippen molar-refractivity contribution in [2.24, 2.45) is 0 Å². The van der Waals surface area contributed by atoms with Gasteiger partial charge in [0.25, 0.3) is 0 Å². The Hall–Kier alpha value is -2.56. The summed E-state index contributed by atoms with van der Waals surface area (Å²) in [6.45, 7) is 3.66. The predicted molar refractivity (Wildman–Crippen MR) is 130 cm³/mol. The summed E-state index contributed by atoms with van der Waals surface area (Å²) in [5, 5.41) is 0.401. The van der Waals surface area contributed by atoms with E-state index in [-0.39, 0.29) is 11.0 Å². The third-order valence-corrected chi connectivity index (χ3v) is 7.18. The van der Waals surface area contributed by atoms with E-state index in [1.54, 1.807) is 22.9 Å². The summed E-state index contributed by atoms with van der Waals surface area (Å²) in [6.07, 6.45) is 10.4. The van der Waals surface area contributed by atoms with E-state index in [1.807, 2.05) is 12.4 Å². The molecule has 0 atom stereocenters. The van der Waals surface area contributed by atoms with Crippen molar-refractivity contribution in [3.63, 3.8) is 0 Å². The maximum Gasteiger partial charge on any atom is 0.225 e. The van der Waals surface area contributed by atoms with Gasteiger partial charge in [-0.1, -0.05) is 30.7 Å². The van der Waals surface area contributed by atoms with Crippen molar-refractivity contribution in [3.8, 4) is 11.6 Å². The Morgan fingerprint density at radius 1 is 1.15 bits per heavy atom. The van der Waals surface area contributed by atoms with E-state index in [4.69, 9.17) is 28.6 Å². The van der Waals surface area contributed by atoms with Crippen LogP contribution in [0.15, 0.2) is 47.9 Å². The first-order chi connectivity index (χ1) is 15.7. The smallest absolute Gasteiger partial charge is 0.225 e. The van der Waals surface area contributed by atoms with Gasteiger partial charge in [0.1, 0.15) is 22.3 Å². The molecule has 0 unspecified atom stereocenters. The highest BCUT2D eigenvalue weighted by Crippen LogP contribution is 2.29. The molecule has 33 heavy (non-hydrogen) atoms. The summed E-state index contributed by atoms with van der Waals surface area (Å²) < 4.78 is 31.5. The zero-order valence-corrected chi connectivity index (χ0v) is 20.7. The molecule has 174 valence electrons. The van der Waals surface area contributed by atoms with Crippen LogP contribution in [0.2, 0.25) is 5.02 Å². The first kappa shape index (κ1) is 23.6. The van der Waals surface area contributed by atoms with Gasteiger partial charge in [0.2, 0.25) is 5.95 Å². The van der Waals surface area contributed by atoms with Gasteiger partial charge in [-0.05, 0) is 24.1 Å². The Morgan fingerprint density at radius 2 is 1.85 bits per heavy atom. The molecular formula is C22H24ClN5O3S2. The number of hydrogen-bond donors (Lipinski definition) is 0. The Kier molecular flexibility index (Phi) is 6.96. The average molecular weight is 506 g/mol. The largest absolute Gasteiger partial charge is 0.489 e. The van der Waals surface area contributed by atoms with E-state index < -0.39 is 9.84 Å². The molecule has 3 aromatic rings. The van der Waals surface area contributed by atoms with Crippen LogP contribution in [0, 0.1) is 4.64 Å². The molecule has 0 aliphatic carbocycles. The summed E-state index contributed by atoms with van der Waals surface area (Å²) in [6, 6.07) is 4.78. The fourth-order valence-electron chi connectivity index (χ4n) is 3.54. The van der Waals surface area contributed by atoms with Gasteiger partial charge in [-0.15, -0.1) is 0 Å². The Balaban J connectivity index is 1.43. The van der Waals surface area contributed by atoms with Crippen molar-refractivity contribution < 1.29 is 13.2 Å². The normalized spacial score (nSPS) is 14.9. The SMILES string of the molecule is CCc1cnc(N2CCC(Oc3cc(=S)n(-c4ccc(S(C)(=O)=O)cn4)cc3Cl)CC2)nc1. The highest BCUT2D eigenvalue weighted by Gasteiger charge is 2.23. The summed E-state index contributed by atoms with van der Waals surface area (Å²) in [5.41, 5.74) is 1.12. The molecule has 0 radical (unpaired) electrons. The molecule has 0 N–H and O–H groups in total. The number of nitrogens with zero attached hydrogens (tertiary/aromatic N) is 5. The summed E-state index contributed by atoms with van der Waals surface area (Å²) in [5.74, 6) is 1.74. The van der Waals surface area contributed by atoms with Crippen molar-refractivity contribution in [1.82, 2.24) is 19.5 Å². The standard InChI is InChI=1S/C22H24ClN5O3S2/c1-3-15-11-25-22(26-12-15)27-8-6-16(7-9-27)31-19-10-21(32)28(14-18(19)23)20-5-4-17(13-24-20)33(2,29)30/h4-5,10-14,16H,3,6-9H2,1-2H3. The number of aryl methyl sites for hydroxylation is 1. The maximum atomic E-state index is 11.6. The fourth-order valence-corrected chi connectivity index (χ4v) is 4.55. The van der Waals surface area contributed by atoms with Crippen molar-refractivity contribution in [2.45, 2.75) is 37.2 Å². The van der Waals surface area contributed by atoms with Gasteiger partial charge >= 0.3 is 0 Å². The first-order valence-electron chi connectivity index (χ1n) is 10.6. The van der Waals surface area contributed by atoms with E-state index >= 15 is 0 Å².